The minimum atomic E-state index is -2.03. The molecule has 12 fully saturated rings. The first kappa shape index (κ1) is 125. The summed E-state index contributed by atoms with van der Waals surface area (Å²) in [4.78, 5) is 45.7. The lowest BCUT2D eigenvalue weighted by molar-refractivity contribution is -0.507. The number of carbonyl (C=O) groups is 4. The summed E-state index contributed by atoms with van der Waals surface area (Å²) in [7, 11) is 4.56. The minimum absolute atomic E-state index is 0.147. The van der Waals surface area contributed by atoms with Gasteiger partial charge in [0.15, 0.2) is 99.4 Å². The molecule has 12 heterocycles. The smallest absolute Gasteiger partial charge is 0.335 e. The van der Waals surface area contributed by atoms with Crippen molar-refractivity contribution >= 4 is 23.9 Å². The van der Waals surface area contributed by atoms with Crippen LogP contribution in [0.25, 0.3) is 0 Å². The van der Waals surface area contributed by atoms with E-state index in [-0.39, 0.29) is 6.42 Å². The van der Waals surface area contributed by atoms with E-state index in [0.29, 0.717) is 0 Å². The molecule has 68 nitrogen and oxygen atoms in total. The topological polar surface area (TPSA) is 1120 Å². The van der Waals surface area contributed by atoms with E-state index in [4.69, 9.17) is 130 Å². The first-order chi connectivity index (χ1) is 67.6. The van der Waals surface area contributed by atoms with Gasteiger partial charge in [0.05, 0.1) is 59.0 Å². The molecule has 12 aliphatic rings. The average molecular weight is 2130 g/mol. The highest BCUT2D eigenvalue weighted by atomic mass is 16.8. The van der Waals surface area contributed by atoms with Crippen LogP contribution in [-0.2, 0) is 128 Å². The molecule has 12 saturated heterocycles. The van der Waals surface area contributed by atoms with Crippen molar-refractivity contribution in [1.29, 1.82) is 0 Å². The zero-order valence-electron chi connectivity index (χ0n) is 76.3. The Bertz CT molecular complexity index is 3790. The van der Waals surface area contributed by atoms with Crippen LogP contribution in [0.5, 0.6) is 0 Å². The highest BCUT2D eigenvalue weighted by Crippen LogP contribution is 2.38. The molecule has 23 unspecified atom stereocenters. The van der Waals surface area contributed by atoms with E-state index in [1.54, 1.807) is 0 Å². The average Bonchev–Trinajstić information content (AvgIpc) is 0.779. The number of methoxy groups -OCH3 is 4. The molecule has 0 saturated carbocycles. The molecule has 144 heavy (non-hydrogen) atoms. The Kier molecular flexibility index (Phi) is 48.4. The maximum absolute atomic E-state index is 11.8. The van der Waals surface area contributed by atoms with Gasteiger partial charge in [-0.25, -0.2) is 19.2 Å². The summed E-state index contributed by atoms with van der Waals surface area (Å²) >= 11 is 0. The summed E-state index contributed by atoms with van der Waals surface area (Å²) in [6.07, 6.45) is -92.0. The molecule has 0 radical (unpaired) electrons. The predicted octanol–water partition coefficient (Wildman–Crippen LogP) is -28.8. The predicted molar refractivity (Wildman–Crippen MR) is 430 cm³/mol. The maximum atomic E-state index is 11.8. The van der Waals surface area contributed by atoms with Crippen LogP contribution in [0, 0.1) is 0 Å². The molecule has 12 rings (SSSR count). The number of ether oxygens (including phenoxy) is 23. The number of hydrogen-bond donors (Lipinski definition) is 41. The van der Waals surface area contributed by atoms with Crippen LogP contribution in [0.2, 0.25) is 0 Å². The molecule has 0 aromatic heterocycles. The quantitative estimate of drug-likeness (QED) is 0.0318. The number of aliphatic hydroxyl groups is 35. The molecule has 0 aromatic rings. The summed E-state index contributed by atoms with van der Waals surface area (Å²) in [5, 5.41) is 384. The highest BCUT2D eigenvalue weighted by molar-refractivity contribution is 5.75. The van der Waals surface area contributed by atoms with Gasteiger partial charge in [-0.2, -0.15) is 0 Å². The number of rotatable bonds is 30. The molecule has 12 aliphatic heterocycles. The Balaban J connectivity index is 0.000000236. The summed E-state index contributed by atoms with van der Waals surface area (Å²) in [5.41, 5.74) is 7.32. The Hall–Kier alpha value is -4.52. The van der Waals surface area contributed by atoms with Crippen molar-refractivity contribution in [3.8, 4) is 0 Å². The van der Waals surface area contributed by atoms with E-state index < -0.39 is 439 Å². The van der Waals surface area contributed by atoms with Gasteiger partial charge in [-0.15, -0.1) is 0 Å². The second-order valence-corrected chi connectivity index (χ2v) is 34.6. The Morgan fingerprint density at radius 3 is 0.826 bits per heavy atom. The Labute approximate surface area is 810 Å². The van der Waals surface area contributed by atoms with E-state index in [9.17, 15) is 188 Å². The van der Waals surface area contributed by atoms with Crippen LogP contribution >= 0.6 is 0 Å². The van der Waals surface area contributed by atoms with E-state index in [2.05, 4.69) is 20.9 Å². The van der Waals surface area contributed by atoms with Crippen LogP contribution in [-0.4, -0.2) is 667 Å². The third-order valence-corrected chi connectivity index (χ3v) is 25.0. The number of aliphatic carboxylic acids is 4. The zero-order chi connectivity index (χ0) is 108. The fourth-order valence-electron chi connectivity index (χ4n) is 16.3. The van der Waals surface area contributed by atoms with Gasteiger partial charge in [0.25, 0.3) is 0 Å². The standard InChI is InChI=1S/C25H42O22.C19H33NO16.C19H33NO15.C7H12O7.C6H12O6/c1-40-22-16(36)13(33)19(20(47-22)21(38)39)46-25-15(35)11(31)9(29)7(44-25)4-41-23-17(37)12(32)18(6(3-27)43-23)45-24-14(34)10(30)8(28)5(2-26)42-24;1-31-18-13(28)11(26)14(15(36-18)16(29)30)35-17-6(20)9(24)8(23)5(34-17)3-32-19-12(27)10(25)7(22)4(2-21)33-19;1-30-19-14(27)13(26)15(16(35-19)17(28)29)34-18-9(20)12(25)11(24)7(33-18)4-31-8-2-5(22)10(23)6(3-21)32-8;1-13-7-4(10)2(8)3(9)5(14-7)6(11)12;7-1-2-3(8)4(9)5(10)6(11)12-2/h5-20,22-37H,2-4H2,1H3,(H,38,39);4-15,17-19,21-28H,2-3,20H2,1H3,(H,29,30);5-16,18-19,21-27H,2-4,20H2,1H3,(H,28,29);2-5,7-10H,1H3,(H,11,12);2-11H,1H2/p+2/t5?,6?,7?,8-,9-,10+,11+,12-,13-,14?,15?,16?,17?,18+,19+,20?,22+,23+,24-,25-;4?,5?,6?,7-,8+,9+,10-,11+,12?,13?,14-,15?,17+,18-,19-;5-,6?,7?,8+,9?,10-,11-,12-,13-,14?,15+,16?,18-,19+;2-,3-,4?,5?,7-;2?,3-,4+,5?,6+/m10101/s1. The molecule has 0 aliphatic carbocycles. The fraction of sp³-hybridized carbons (Fsp3) is 0.947. The summed E-state index contributed by atoms with van der Waals surface area (Å²) < 4.78 is 120. The van der Waals surface area contributed by atoms with E-state index >= 15 is 0 Å². The molecular formula is C76H134N2O66+2. The molecule has 0 bridgehead atoms. The summed E-state index contributed by atoms with van der Waals surface area (Å²) in [6, 6.07) is -2.36. The van der Waals surface area contributed by atoms with E-state index in [0.717, 1.165) is 21.3 Å². The van der Waals surface area contributed by atoms with Crippen molar-refractivity contribution in [3.63, 3.8) is 0 Å². The van der Waals surface area contributed by atoms with Gasteiger partial charge >= 0.3 is 23.9 Å². The second kappa shape index (κ2) is 55.9. The number of carboxylic acids is 4. The van der Waals surface area contributed by atoms with Crippen molar-refractivity contribution in [2.45, 2.75) is 369 Å². The van der Waals surface area contributed by atoms with Gasteiger partial charge in [-0.1, -0.05) is 0 Å². The molecule has 0 amide bonds. The van der Waals surface area contributed by atoms with Crippen LogP contribution < -0.4 is 11.5 Å². The third kappa shape index (κ3) is 29.1. The van der Waals surface area contributed by atoms with Gasteiger partial charge in [-0.05, 0) is 0 Å². The first-order valence-electron chi connectivity index (χ1n) is 44.1. The van der Waals surface area contributed by atoms with Crippen LogP contribution in [0.3, 0.4) is 0 Å². The van der Waals surface area contributed by atoms with Crippen LogP contribution in [0.1, 0.15) is 6.42 Å². The molecule has 0 aromatic carbocycles. The number of quaternary nitrogens is 2. The maximum Gasteiger partial charge on any atom is 0.335 e. The largest absolute Gasteiger partial charge is 0.479 e. The van der Waals surface area contributed by atoms with Crippen LogP contribution in [0.15, 0.2) is 0 Å². The van der Waals surface area contributed by atoms with Crippen molar-refractivity contribution in [1.82, 2.24) is 0 Å². The number of carboxylic acid groups (broad SMARTS) is 4. The SMILES string of the molecule is CO[C@H]1OC(C(=O)O)[C@@H](O)[C@H](O)C1O.CO[C@H]1OC(C(=O)O)[C@@H](O[C@H]2OC(CO[C@@H]3C[C@@H](O)[C@@H](O)C(CO)O3)[C@@H](O)[C@H](O)C2[NH3+])[C@H](O)C1O.CO[C@H]1OC(C(=O)O)[C@@H](O[C@H]2OC(CO[C@H]3OC(CO)[C@H](O)[C@H](O)C3O)[C@@H](O)[C@H](O)C2[NH3+])[C@H](O)C1O.CO[C@H]1OC(C(=O)O)[C@@H](O[C@H]2OC(CO[C@H]3OC(CO)[C@H](O[C@H]4OC(CO)[C@@H](O)[C@H](O)C4O)[C@H](O)C3O)[C@@H](O)[C@H](O)C2O)[C@H](O)C1O.OCC1O[C@H](O)C(O)[C@@H](O)[C@@H]1O. The molecular weight excluding hydrogens is 2000 g/mol. The van der Waals surface area contributed by atoms with Crippen molar-refractivity contribution < 1.29 is 339 Å². The first-order valence-corrected chi connectivity index (χ1v) is 44.1. The lowest BCUT2D eigenvalue weighted by Gasteiger charge is -2.47. The monoisotopic (exact) mass is 2130 g/mol. The third-order valence-electron chi connectivity index (χ3n) is 25.0. The fourth-order valence-corrected chi connectivity index (χ4v) is 16.3. The normalized spacial score (nSPS) is 49.5. The second-order valence-electron chi connectivity index (χ2n) is 34.6. The summed E-state index contributed by atoms with van der Waals surface area (Å²) in [6.45, 7) is -5.21. The lowest BCUT2D eigenvalue weighted by Crippen LogP contribution is -2.79. The van der Waals surface area contributed by atoms with Crippen molar-refractivity contribution in [2.75, 3.05) is 81.3 Å². The van der Waals surface area contributed by atoms with Gasteiger partial charge in [-0.3, -0.25) is 0 Å². The lowest BCUT2D eigenvalue weighted by atomic mass is 9.96. The van der Waals surface area contributed by atoms with Crippen LogP contribution in [0.4, 0.5) is 0 Å². The highest BCUT2D eigenvalue weighted by Gasteiger charge is 2.61. The Morgan fingerprint density at radius 1 is 0.229 bits per heavy atom. The number of hydrogen-bond acceptors (Lipinski definition) is 62. The minimum Gasteiger partial charge on any atom is -0.479 e. The Morgan fingerprint density at radius 2 is 0.472 bits per heavy atom. The summed E-state index contributed by atoms with van der Waals surface area (Å²) in [5.74, 6) is -6.14. The van der Waals surface area contributed by atoms with E-state index in [1.807, 2.05) is 0 Å². The molecule has 45 N–H and O–H groups in total. The van der Waals surface area contributed by atoms with Gasteiger partial charge in [0.1, 0.15) is 244 Å². The molecule has 842 valence electrons. The zero-order valence-corrected chi connectivity index (χ0v) is 76.3. The van der Waals surface area contributed by atoms with Crippen molar-refractivity contribution in [3.05, 3.63) is 0 Å². The van der Waals surface area contributed by atoms with Crippen molar-refractivity contribution in [2.24, 2.45) is 0 Å². The van der Waals surface area contributed by atoms with Gasteiger partial charge < -0.3 is 320 Å². The van der Waals surface area contributed by atoms with E-state index in [1.165, 1.54) is 7.11 Å². The molecule has 59 atom stereocenters. The van der Waals surface area contributed by atoms with Gasteiger partial charge in [0.2, 0.25) is 12.6 Å². The molecule has 0 spiro atoms. The van der Waals surface area contributed by atoms with Gasteiger partial charge in [0, 0.05) is 34.9 Å². The molecule has 68 heteroatoms. The number of aliphatic hydroxyl groups excluding tert-OH is 35.